The summed E-state index contributed by atoms with van der Waals surface area (Å²) in [5.74, 6) is -1.47. The Bertz CT molecular complexity index is 658. The van der Waals surface area contributed by atoms with Crippen LogP contribution < -0.4 is 0 Å². The molecule has 0 bridgehead atoms. The van der Waals surface area contributed by atoms with Gasteiger partial charge < -0.3 is 9.31 Å². The topological polar surface area (TPSA) is 35.5 Å². The lowest BCUT2D eigenvalue weighted by atomic mass is 9.78. The molecule has 1 aliphatic heterocycles. The van der Waals surface area contributed by atoms with Gasteiger partial charge in [0, 0.05) is 12.7 Å². The van der Waals surface area contributed by atoms with Gasteiger partial charge in [0.05, 0.1) is 11.2 Å². The van der Waals surface area contributed by atoms with Gasteiger partial charge in [-0.05, 0) is 50.9 Å². The van der Waals surface area contributed by atoms with Crippen molar-refractivity contribution >= 4 is 30.1 Å². The first-order valence-corrected chi connectivity index (χ1v) is 8.65. The number of halogens is 2. The van der Waals surface area contributed by atoms with Crippen LogP contribution in [0.4, 0.5) is 8.78 Å². The van der Waals surface area contributed by atoms with Crippen molar-refractivity contribution in [2.75, 3.05) is 5.75 Å². The predicted octanol–water partition coefficient (Wildman–Crippen LogP) is 4.26. The SMILES string of the molecule is CC(=O)SCC(=Cc1ccc(F)c(F)c1)B1OC(C)(C)C(C)(C)O1. The molecule has 0 unspecified atom stereocenters. The summed E-state index contributed by atoms with van der Waals surface area (Å²) in [6.45, 7) is 9.20. The predicted molar refractivity (Wildman–Crippen MR) is 93.6 cm³/mol. The number of thioether (sulfide) groups is 1. The van der Waals surface area contributed by atoms with Gasteiger partial charge in [-0.3, -0.25) is 4.79 Å². The molecule has 0 amide bonds. The molecular formula is C17H21BF2O3S. The maximum Gasteiger partial charge on any atom is 0.491 e. The van der Waals surface area contributed by atoms with E-state index in [0.29, 0.717) is 16.8 Å². The molecule has 0 spiro atoms. The number of hydrogen-bond donors (Lipinski definition) is 0. The lowest BCUT2D eigenvalue weighted by Crippen LogP contribution is -2.41. The van der Waals surface area contributed by atoms with Crippen LogP contribution in [0.25, 0.3) is 6.08 Å². The molecule has 1 heterocycles. The molecule has 7 heteroatoms. The minimum absolute atomic E-state index is 0.0392. The van der Waals surface area contributed by atoms with Gasteiger partial charge in [-0.2, -0.15) is 0 Å². The van der Waals surface area contributed by atoms with E-state index in [2.05, 4.69) is 0 Å². The molecule has 0 aromatic heterocycles. The van der Waals surface area contributed by atoms with E-state index < -0.39 is 30.0 Å². The van der Waals surface area contributed by atoms with Crippen LogP contribution in [0.3, 0.4) is 0 Å². The first-order chi connectivity index (χ1) is 11.0. The minimum Gasteiger partial charge on any atom is -0.400 e. The van der Waals surface area contributed by atoms with E-state index in [-0.39, 0.29) is 5.12 Å². The van der Waals surface area contributed by atoms with E-state index in [1.807, 2.05) is 27.7 Å². The molecule has 1 saturated heterocycles. The summed E-state index contributed by atoms with van der Waals surface area (Å²) in [4.78, 5) is 11.3. The zero-order chi connectivity index (χ0) is 18.1. The quantitative estimate of drug-likeness (QED) is 0.757. The summed E-state index contributed by atoms with van der Waals surface area (Å²) < 4.78 is 38.5. The highest BCUT2D eigenvalue weighted by Gasteiger charge is 2.52. The molecule has 0 aliphatic carbocycles. The third kappa shape index (κ3) is 4.26. The van der Waals surface area contributed by atoms with Crippen LogP contribution in [-0.2, 0) is 14.1 Å². The Morgan fingerprint density at radius 3 is 2.25 bits per heavy atom. The van der Waals surface area contributed by atoms with E-state index in [9.17, 15) is 13.6 Å². The molecule has 130 valence electrons. The molecule has 1 aromatic carbocycles. The molecule has 0 radical (unpaired) electrons. The van der Waals surface area contributed by atoms with Crippen LogP contribution in [0.2, 0.25) is 0 Å². The van der Waals surface area contributed by atoms with Crippen molar-refractivity contribution in [2.24, 2.45) is 0 Å². The molecule has 0 saturated carbocycles. The Labute approximate surface area is 145 Å². The smallest absolute Gasteiger partial charge is 0.400 e. The van der Waals surface area contributed by atoms with E-state index in [4.69, 9.17) is 9.31 Å². The van der Waals surface area contributed by atoms with Crippen LogP contribution in [0.15, 0.2) is 23.7 Å². The average Bonchev–Trinajstić information content (AvgIpc) is 2.67. The molecular weight excluding hydrogens is 333 g/mol. The highest BCUT2D eigenvalue weighted by molar-refractivity contribution is 8.13. The van der Waals surface area contributed by atoms with Crippen LogP contribution in [0.5, 0.6) is 0 Å². The maximum atomic E-state index is 13.4. The molecule has 24 heavy (non-hydrogen) atoms. The summed E-state index contributed by atoms with van der Waals surface area (Å²) in [5, 5.41) is -0.0392. The maximum absolute atomic E-state index is 13.4. The average molecular weight is 354 g/mol. The second-order valence-electron chi connectivity index (χ2n) is 6.76. The molecule has 1 fully saturated rings. The fourth-order valence-corrected chi connectivity index (χ4v) is 2.76. The number of hydrogen-bond acceptors (Lipinski definition) is 4. The van der Waals surface area contributed by atoms with Crippen LogP contribution in [-0.4, -0.2) is 29.2 Å². The number of rotatable bonds is 4. The zero-order valence-corrected chi connectivity index (χ0v) is 15.3. The number of carbonyl (C=O) groups excluding carboxylic acids is 1. The van der Waals surface area contributed by atoms with Crippen molar-refractivity contribution < 1.29 is 22.9 Å². The fraction of sp³-hybridized carbons (Fsp3) is 0.471. The largest absolute Gasteiger partial charge is 0.491 e. The highest BCUT2D eigenvalue weighted by Crippen LogP contribution is 2.39. The zero-order valence-electron chi connectivity index (χ0n) is 14.5. The van der Waals surface area contributed by atoms with E-state index in [0.717, 1.165) is 23.9 Å². The number of carbonyl (C=O) groups is 1. The summed E-state index contributed by atoms with van der Waals surface area (Å²) in [5.41, 5.74) is 0.139. The summed E-state index contributed by atoms with van der Waals surface area (Å²) in [7, 11) is -0.644. The molecule has 0 atom stereocenters. The van der Waals surface area contributed by atoms with Crippen molar-refractivity contribution in [1.29, 1.82) is 0 Å². The van der Waals surface area contributed by atoms with Gasteiger partial charge in [-0.25, -0.2) is 8.78 Å². The van der Waals surface area contributed by atoms with E-state index >= 15 is 0 Å². The van der Waals surface area contributed by atoms with E-state index in [1.165, 1.54) is 13.0 Å². The first kappa shape index (κ1) is 19.2. The van der Waals surface area contributed by atoms with Crippen molar-refractivity contribution in [3.63, 3.8) is 0 Å². The third-order valence-corrected chi connectivity index (χ3v) is 5.18. The Balaban J connectivity index is 2.33. The molecule has 1 aromatic rings. The minimum atomic E-state index is -0.920. The fourth-order valence-electron chi connectivity index (χ4n) is 2.17. The molecule has 2 rings (SSSR count). The highest BCUT2D eigenvalue weighted by atomic mass is 32.2. The van der Waals surface area contributed by atoms with Gasteiger partial charge in [0.15, 0.2) is 16.7 Å². The van der Waals surface area contributed by atoms with Gasteiger partial charge >= 0.3 is 7.12 Å². The van der Waals surface area contributed by atoms with Crippen molar-refractivity contribution in [3.8, 4) is 0 Å². The van der Waals surface area contributed by atoms with Gasteiger partial charge in [-0.1, -0.05) is 23.9 Å². The van der Waals surface area contributed by atoms with Crippen LogP contribution in [0.1, 0.15) is 40.2 Å². The summed E-state index contributed by atoms with van der Waals surface area (Å²) in [6.07, 6.45) is 1.68. The lowest BCUT2D eigenvalue weighted by Gasteiger charge is -2.32. The standard InChI is InChI=1S/C17H21BF2O3S/c1-11(21)24-10-13(8-12-6-7-14(19)15(20)9-12)18-22-16(2,3)17(4,5)23-18/h6-9H,10H2,1-5H3. The van der Waals surface area contributed by atoms with Gasteiger partial charge in [0.2, 0.25) is 0 Å². The second kappa shape index (κ2) is 6.98. The monoisotopic (exact) mass is 354 g/mol. The Hall–Kier alpha value is -1.18. The summed E-state index contributed by atoms with van der Waals surface area (Å²) in [6, 6.07) is 3.65. The van der Waals surface area contributed by atoms with Crippen LogP contribution >= 0.6 is 11.8 Å². The van der Waals surface area contributed by atoms with Crippen LogP contribution in [0, 0.1) is 11.6 Å². The van der Waals surface area contributed by atoms with Gasteiger partial charge in [0.1, 0.15) is 0 Å². The third-order valence-electron chi connectivity index (χ3n) is 4.29. The normalized spacial score (nSPS) is 19.6. The molecule has 0 N–H and O–H groups in total. The van der Waals surface area contributed by atoms with Gasteiger partial charge in [0.25, 0.3) is 0 Å². The number of benzene rings is 1. The Morgan fingerprint density at radius 1 is 1.17 bits per heavy atom. The molecule has 3 nitrogen and oxygen atoms in total. The lowest BCUT2D eigenvalue weighted by molar-refractivity contribution is -0.109. The Morgan fingerprint density at radius 2 is 1.75 bits per heavy atom. The second-order valence-corrected chi connectivity index (χ2v) is 7.91. The van der Waals surface area contributed by atoms with Crippen molar-refractivity contribution in [3.05, 3.63) is 40.9 Å². The Kier molecular flexibility index (Phi) is 5.57. The molecule has 1 aliphatic rings. The summed E-state index contributed by atoms with van der Waals surface area (Å²) >= 11 is 1.12. The van der Waals surface area contributed by atoms with E-state index in [1.54, 1.807) is 6.08 Å². The van der Waals surface area contributed by atoms with Crippen molar-refractivity contribution in [2.45, 2.75) is 45.8 Å². The van der Waals surface area contributed by atoms with Gasteiger partial charge in [-0.15, -0.1) is 0 Å². The van der Waals surface area contributed by atoms with Crippen molar-refractivity contribution in [1.82, 2.24) is 0 Å². The first-order valence-electron chi connectivity index (χ1n) is 7.66.